The number of fused-ring (bicyclic) bond motifs is 1. The first-order valence-electron chi connectivity index (χ1n) is 17.6. The van der Waals surface area contributed by atoms with Gasteiger partial charge in [0.25, 0.3) is 0 Å². The van der Waals surface area contributed by atoms with Crippen LogP contribution in [0.4, 0.5) is 4.79 Å². The van der Waals surface area contributed by atoms with Crippen LogP contribution in [-0.4, -0.2) is 75.0 Å². The molecule has 0 radical (unpaired) electrons. The van der Waals surface area contributed by atoms with Gasteiger partial charge in [0.1, 0.15) is 11.4 Å². The van der Waals surface area contributed by atoms with Crippen LogP contribution in [0.3, 0.4) is 0 Å². The van der Waals surface area contributed by atoms with Gasteiger partial charge in [0.15, 0.2) is 23.1 Å². The molecular weight excluding hydrogens is 664 g/mol. The molecule has 0 saturated carbocycles. The average Bonchev–Trinajstić information content (AvgIpc) is 3.48. The number of amides is 1. The van der Waals surface area contributed by atoms with E-state index in [4.69, 9.17) is 33.2 Å². The molecule has 0 unspecified atom stereocenters. The number of ketones is 1. The molecule has 1 amide bonds. The van der Waals surface area contributed by atoms with Gasteiger partial charge in [-0.3, -0.25) is 4.79 Å². The third-order valence-corrected chi connectivity index (χ3v) is 9.20. The van der Waals surface area contributed by atoms with Crippen LogP contribution in [0.5, 0.6) is 23.0 Å². The molecule has 11 nitrogen and oxygen atoms in total. The van der Waals surface area contributed by atoms with Crippen LogP contribution in [0.1, 0.15) is 74.5 Å². The van der Waals surface area contributed by atoms with E-state index in [1.807, 2.05) is 59.0 Å². The Balaban J connectivity index is 1.27. The molecule has 1 aliphatic heterocycles. The van der Waals surface area contributed by atoms with E-state index in [2.05, 4.69) is 34.1 Å². The van der Waals surface area contributed by atoms with E-state index < -0.39 is 23.0 Å². The molecule has 0 atom stereocenters. The summed E-state index contributed by atoms with van der Waals surface area (Å²) in [6.07, 6.45) is 4.49. The second-order valence-electron chi connectivity index (χ2n) is 14.7. The zero-order chi connectivity index (χ0) is 37.7. The number of carbonyl (C=O) groups excluding carboxylic acids is 2. The smallest absolute Gasteiger partial charge is 0.408 e. The van der Waals surface area contributed by atoms with Crippen LogP contribution in [-0.2, 0) is 33.6 Å². The number of aromatic nitrogens is 1. The molecule has 2 heterocycles. The summed E-state index contributed by atoms with van der Waals surface area (Å²) in [4.78, 5) is 26.7. The summed E-state index contributed by atoms with van der Waals surface area (Å²) in [6, 6.07) is 17.7. The van der Waals surface area contributed by atoms with E-state index in [-0.39, 0.29) is 5.78 Å². The van der Waals surface area contributed by atoms with Crippen LogP contribution >= 0.6 is 0 Å². The fourth-order valence-electron chi connectivity index (χ4n) is 6.35. The molecule has 280 valence electrons. The van der Waals surface area contributed by atoms with Gasteiger partial charge in [-0.2, -0.15) is 0 Å². The number of hydrogen-bond donors (Lipinski definition) is 1. The predicted molar refractivity (Wildman–Crippen MR) is 199 cm³/mol. The predicted octanol–water partition coefficient (Wildman–Crippen LogP) is 7.52. The van der Waals surface area contributed by atoms with Crippen molar-refractivity contribution in [2.24, 2.45) is 0 Å². The van der Waals surface area contributed by atoms with Crippen LogP contribution in [0.25, 0.3) is 10.9 Å². The Morgan fingerprint density at radius 2 is 1.44 bits per heavy atom. The van der Waals surface area contributed by atoms with Gasteiger partial charge in [-0.1, -0.05) is 24.3 Å². The molecule has 1 fully saturated rings. The minimum atomic E-state index is -0.713. The Hall–Kier alpha value is -4.74. The Bertz CT molecular complexity index is 1840. The number of methoxy groups -OCH3 is 4. The maximum Gasteiger partial charge on any atom is 0.408 e. The highest BCUT2D eigenvalue weighted by Crippen LogP contribution is 2.39. The number of alkyl carbamates (subject to hydrolysis) is 1. The lowest BCUT2D eigenvalue weighted by atomic mass is 9.91. The van der Waals surface area contributed by atoms with Crippen molar-refractivity contribution in [2.75, 3.05) is 41.7 Å². The first-order valence-corrected chi connectivity index (χ1v) is 17.6. The van der Waals surface area contributed by atoms with Gasteiger partial charge in [0, 0.05) is 35.3 Å². The van der Waals surface area contributed by atoms with Crippen molar-refractivity contribution in [3.05, 3.63) is 83.0 Å². The molecule has 52 heavy (non-hydrogen) atoms. The van der Waals surface area contributed by atoms with Crippen LogP contribution < -0.4 is 24.3 Å². The SMILES string of the molecule is COc1ccc2c(C(=O)c3cc(OC)c(OC)c(OC)c3)cn(CCCc3ccc(CCC4(NC(=O)OC(C)(C)C)COC(C)(C)OC4)cc3)c2c1. The van der Waals surface area contributed by atoms with Crippen molar-refractivity contribution in [3.8, 4) is 23.0 Å². The number of nitrogens with one attached hydrogen (secondary N) is 1. The average molecular weight is 717 g/mol. The zero-order valence-corrected chi connectivity index (χ0v) is 31.8. The molecule has 1 aliphatic rings. The van der Waals surface area contributed by atoms with Crippen molar-refractivity contribution < 1.29 is 42.7 Å². The van der Waals surface area contributed by atoms with E-state index >= 15 is 0 Å². The standard InChI is InChI=1S/C41H52N2O9/c1-39(2,3)52-38(45)42-41(25-50-40(4,5)51-26-41)19-18-28-14-12-27(13-15-28)11-10-20-43-24-32(31-17-16-30(46-6)23-33(31)43)36(44)29-21-34(47-7)37(49-9)35(22-29)48-8/h12-17,21-24H,10-11,18-20,25-26H2,1-9H3,(H,42,45). The van der Waals surface area contributed by atoms with Gasteiger partial charge < -0.3 is 43.0 Å². The Morgan fingerprint density at radius 3 is 2.00 bits per heavy atom. The van der Waals surface area contributed by atoms with Crippen molar-refractivity contribution >= 4 is 22.8 Å². The van der Waals surface area contributed by atoms with Gasteiger partial charge >= 0.3 is 6.09 Å². The third-order valence-electron chi connectivity index (χ3n) is 9.20. The molecule has 1 saturated heterocycles. The summed E-state index contributed by atoms with van der Waals surface area (Å²) >= 11 is 0. The second kappa shape index (κ2) is 15.9. The quantitative estimate of drug-likeness (QED) is 0.132. The highest BCUT2D eigenvalue weighted by atomic mass is 16.7. The summed E-state index contributed by atoms with van der Waals surface area (Å²) in [5.41, 5.74) is 2.97. The van der Waals surface area contributed by atoms with Gasteiger partial charge in [-0.25, -0.2) is 4.79 Å². The summed E-state index contributed by atoms with van der Waals surface area (Å²) in [7, 11) is 6.22. The molecule has 11 heteroatoms. The normalized spacial score (nSPS) is 15.2. The fourth-order valence-corrected chi connectivity index (χ4v) is 6.35. The largest absolute Gasteiger partial charge is 0.497 e. The number of benzene rings is 3. The van der Waals surface area contributed by atoms with Gasteiger partial charge in [-0.15, -0.1) is 0 Å². The number of nitrogens with zero attached hydrogens (tertiary/aromatic N) is 1. The topological polar surface area (TPSA) is 116 Å². The summed E-state index contributed by atoms with van der Waals surface area (Å²) < 4.78 is 41.6. The van der Waals surface area contributed by atoms with Gasteiger partial charge in [-0.05, 0) is 95.7 Å². The molecule has 0 bridgehead atoms. The van der Waals surface area contributed by atoms with E-state index in [9.17, 15) is 9.59 Å². The molecule has 1 N–H and O–H groups in total. The van der Waals surface area contributed by atoms with E-state index in [0.717, 1.165) is 35.7 Å². The van der Waals surface area contributed by atoms with Crippen molar-refractivity contribution in [3.63, 3.8) is 0 Å². The molecular formula is C41H52N2O9. The first kappa shape index (κ1) is 38.5. The van der Waals surface area contributed by atoms with E-state index in [1.54, 1.807) is 19.2 Å². The van der Waals surface area contributed by atoms with Crippen molar-refractivity contribution in [1.29, 1.82) is 0 Å². The van der Waals surface area contributed by atoms with Crippen molar-refractivity contribution in [1.82, 2.24) is 9.88 Å². The third kappa shape index (κ3) is 9.18. The van der Waals surface area contributed by atoms with E-state index in [0.29, 0.717) is 60.3 Å². The Morgan fingerprint density at radius 1 is 0.827 bits per heavy atom. The maximum atomic E-state index is 14.0. The Kier molecular flexibility index (Phi) is 11.8. The van der Waals surface area contributed by atoms with Gasteiger partial charge in [0.05, 0.1) is 52.7 Å². The van der Waals surface area contributed by atoms with E-state index in [1.165, 1.54) is 26.9 Å². The Labute approximate surface area is 306 Å². The summed E-state index contributed by atoms with van der Waals surface area (Å²) in [5.74, 6) is 1.11. The van der Waals surface area contributed by atoms with Crippen LogP contribution in [0.2, 0.25) is 0 Å². The lowest BCUT2D eigenvalue weighted by Gasteiger charge is -2.44. The van der Waals surface area contributed by atoms with Gasteiger partial charge in [0.2, 0.25) is 5.75 Å². The molecule has 1 aromatic heterocycles. The second-order valence-corrected chi connectivity index (χ2v) is 14.7. The molecule has 0 spiro atoms. The molecule has 3 aromatic carbocycles. The molecule has 0 aliphatic carbocycles. The number of hydrogen-bond acceptors (Lipinski definition) is 9. The van der Waals surface area contributed by atoms with Crippen LogP contribution in [0.15, 0.2) is 60.8 Å². The molecule has 5 rings (SSSR count). The zero-order valence-electron chi connectivity index (χ0n) is 31.8. The monoisotopic (exact) mass is 716 g/mol. The summed E-state index contributed by atoms with van der Waals surface area (Å²) in [5, 5.41) is 3.88. The highest BCUT2D eigenvalue weighted by Gasteiger charge is 2.42. The maximum absolute atomic E-state index is 14.0. The minimum absolute atomic E-state index is 0.151. The highest BCUT2D eigenvalue weighted by molar-refractivity contribution is 6.17. The van der Waals surface area contributed by atoms with Crippen molar-refractivity contribution in [2.45, 2.75) is 83.8 Å². The lowest BCUT2D eigenvalue weighted by Crippen LogP contribution is -2.61. The number of ether oxygens (including phenoxy) is 7. The molecule has 4 aromatic rings. The number of rotatable bonds is 14. The summed E-state index contributed by atoms with van der Waals surface area (Å²) in [6.45, 7) is 10.6. The number of carbonyl (C=O) groups is 2. The fraction of sp³-hybridized carbons (Fsp3) is 0.463. The minimum Gasteiger partial charge on any atom is -0.497 e. The van der Waals surface area contributed by atoms with Crippen LogP contribution in [0, 0.1) is 0 Å². The first-order chi connectivity index (χ1) is 24.7. The lowest BCUT2D eigenvalue weighted by molar-refractivity contribution is -0.271. The number of aryl methyl sites for hydroxylation is 3.